The molecule has 0 unspecified atom stereocenters. The summed E-state index contributed by atoms with van der Waals surface area (Å²) in [5, 5.41) is 1.81. The number of carbonyl (C=O) groups is 1. The van der Waals surface area contributed by atoms with Crippen molar-refractivity contribution >= 4 is 23.0 Å². The topological polar surface area (TPSA) is 52.3 Å². The van der Waals surface area contributed by atoms with Crippen molar-refractivity contribution in [2.75, 3.05) is 5.73 Å². The normalized spacial score (nSPS) is 10.3. The van der Waals surface area contributed by atoms with E-state index in [1.807, 2.05) is 5.38 Å². The van der Waals surface area contributed by atoms with Gasteiger partial charge in [0.2, 0.25) is 0 Å². The van der Waals surface area contributed by atoms with E-state index in [-0.39, 0.29) is 12.3 Å². The van der Waals surface area contributed by atoms with Gasteiger partial charge in [0.05, 0.1) is 5.69 Å². The Labute approximate surface area is 106 Å². The van der Waals surface area contributed by atoms with Crippen molar-refractivity contribution in [3.05, 3.63) is 51.7 Å². The van der Waals surface area contributed by atoms with Gasteiger partial charge in [-0.3, -0.25) is 0 Å². The van der Waals surface area contributed by atoms with Crippen LogP contribution in [0.3, 0.4) is 0 Å². The van der Waals surface area contributed by atoms with Gasteiger partial charge in [0.15, 0.2) is 5.82 Å². The van der Waals surface area contributed by atoms with Gasteiger partial charge in [-0.25, -0.2) is 13.6 Å². The van der Waals surface area contributed by atoms with Gasteiger partial charge in [0, 0.05) is 4.88 Å². The zero-order valence-electron chi connectivity index (χ0n) is 9.15. The highest BCUT2D eigenvalue weighted by Gasteiger charge is 2.21. The molecule has 1 aromatic heterocycles. The van der Waals surface area contributed by atoms with E-state index in [0.717, 1.165) is 17.0 Å². The highest BCUT2D eigenvalue weighted by Crippen LogP contribution is 2.20. The lowest BCUT2D eigenvalue weighted by Crippen LogP contribution is -2.11. The van der Waals surface area contributed by atoms with Crippen molar-refractivity contribution in [3.63, 3.8) is 0 Å². The van der Waals surface area contributed by atoms with E-state index < -0.39 is 23.2 Å². The number of nitrogens with two attached hydrogens (primary N) is 1. The minimum absolute atomic E-state index is 0.0236. The third kappa shape index (κ3) is 2.48. The summed E-state index contributed by atoms with van der Waals surface area (Å²) in [6, 6.07) is 5.53. The van der Waals surface area contributed by atoms with Gasteiger partial charge in [0.25, 0.3) is 0 Å². The molecule has 2 aromatic rings. The quantitative estimate of drug-likeness (QED) is 0.688. The molecule has 0 atom stereocenters. The summed E-state index contributed by atoms with van der Waals surface area (Å²) in [5.41, 5.74) is 4.22. The molecule has 3 nitrogen and oxygen atoms in total. The first kappa shape index (κ1) is 12.5. The molecule has 0 saturated heterocycles. The molecule has 18 heavy (non-hydrogen) atoms. The van der Waals surface area contributed by atoms with Gasteiger partial charge in [-0.15, -0.1) is 11.3 Å². The summed E-state index contributed by atoms with van der Waals surface area (Å²) in [6.07, 6.45) is 0. The third-order valence-corrected chi connectivity index (χ3v) is 3.10. The Bertz CT molecular complexity index is 570. The molecule has 0 aliphatic carbocycles. The number of ether oxygens (including phenoxy) is 1. The maximum absolute atomic E-state index is 13.5. The molecule has 6 heteroatoms. The molecule has 0 aliphatic rings. The van der Waals surface area contributed by atoms with E-state index in [0.29, 0.717) is 0 Å². The van der Waals surface area contributed by atoms with Crippen molar-refractivity contribution < 1.29 is 18.3 Å². The van der Waals surface area contributed by atoms with E-state index in [9.17, 15) is 13.6 Å². The Balaban J connectivity index is 2.16. The Kier molecular flexibility index (Phi) is 3.57. The number of hydrogen-bond donors (Lipinski definition) is 1. The molecule has 1 aromatic carbocycles. The van der Waals surface area contributed by atoms with Crippen LogP contribution in [0.4, 0.5) is 14.5 Å². The van der Waals surface area contributed by atoms with E-state index in [4.69, 9.17) is 10.5 Å². The van der Waals surface area contributed by atoms with Crippen LogP contribution in [0.15, 0.2) is 29.6 Å². The maximum atomic E-state index is 13.5. The average molecular weight is 269 g/mol. The maximum Gasteiger partial charge on any atom is 0.344 e. The first-order chi connectivity index (χ1) is 8.59. The lowest BCUT2D eigenvalue weighted by Gasteiger charge is -2.07. The van der Waals surface area contributed by atoms with E-state index in [1.54, 1.807) is 12.1 Å². The Morgan fingerprint density at radius 3 is 2.78 bits per heavy atom. The van der Waals surface area contributed by atoms with Crippen LogP contribution in [-0.4, -0.2) is 5.97 Å². The average Bonchev–Trinajstić information content (AvgIpc) is 2.85. The lowest BCUT2D eigenvalue weighted by atomic mass is 10.1. The second kappa shape index (κ2) is 5.14. The predicted octanol–water partition coefficient (Wildman–Crippen LogP) is 2.97. The standard InChI is InChI=1S/C12H9F2NO2S/c13-8-3-4-9(15)11(14)10(8)12(16)17-6-7-2-1-5-18-7/h1-5H,6,15H2. The van der Waals surface area contributed by atoms with Gasteiger partial charge in [0.1, 0.15) is 18.0 Å². The van der Waals surface area contributed by atoms with Crippen molar-refractivity contribution in [1.82, 2.24) is 0 Å². The molecule has 2 N–H and O–H groups in total. The number of carbonyl (C=O) groups excluding carboxylic acids is 1. The van der Waals surface area contributed by atoms with E-state index >= 15 is 0 Å². The van der Waals surface area contributed by atoms with Gasteiger partial charge in [-0.2, -0.15) is 0 Å². The van der Waals surface area contributed by atoms with Crippen LogP contribution in [-0.2, 0) is 11.3 Å². The molecule has 94 valence electrons. The molecule has 0 bridgehead atoms. The number of benzene rings is 1. The highest BCUT2D eigenvalue weighted by molar-refractivity contribution is 7.09. The van der Waals surface area contributed by atoms with Crippen molar-refractivity contribution in [3.8, 4) is 0 Å². The van der Waals surface area contributed by atoms with Crippen molar-refractivity contribution in [2.45, 2.75) is 6.61 Å². The number of anilines is 1. The number of hydrogen-bond acceptors (Lipinski definition) is 4. The first-order valence-electron chi connectivity index (χ1n) is 5.02. The fraction of sp³-hybridized carbons (Fsp3) is 0.0833. The first-order valence-corrected chi connectivity index (χ1v) is 5.90. The summed E-state index contributed by atoms with van der Waals surface area (Å²) < 4.78 is 31.7. The molecule has 1 heterocycles. The minimum Gasteiger partial charge on any atom is -0.456 e. The molecule has 0 spiro atoms. The second-order valence-corrected chi connectivity index (χ2v) is 4.51. The van der Waals surface area contributed by atoms with Crippen LogP contribution in [0.1, 0.15) is 15.2 Å². The van der Waals surface area contributed by atoms with Crippen molar-refractivity contribution in [1.29, 1.82) is 0 Å². The predicted molar refractivity (Wildman–Crippen MR) is 64.2 cm³/mol. The van der Waals surface area contributed by atoms with Gasteiger partial charge < -0.3 is 10.5 Å². The molecule has 0 saturated carbocycles. The van der Waals surface area contributed by atoms with Gasteiger partial charge in [-0.1, -0.05) is 6.07 Å². The molecule has 0 radical (unpaired) electrons. The highest BCUT2D eigenvalue weighted by atomic mass is 32.1. The molecule has 0 amide bonds. The smallest absolute Gasteiger partial charge is 0.344 e. The van der Waals surface area contributed by atoms with Crippen LogP contribution in [0.2, 0.25) is 0 Å². The van der Waals surface area contributed by atoms with Gasteiger partial charge >= 0.3 is 5.97 Å². The lowest BCUT2D eigenvalue weighted by molar-refractivity contribution is 0.0466. The summed E-state index contributed by atoms with van der Waals surface area (Å²) in [4.78, 5) is 12.4. The summed E-state index contributed by atoms with van der Waals surface area (Å²) in [5.74, 6) is -3.14. The van der Waals surface area contributed by atoms with Gasteiger partial charge in [-0.05, 0) is 23.6 Å². The Hall–Kier alpha value is -1.95. The Morgan fingerprint density at radius 2 is 2.11 bits per heavy atom. The third-order valence-electron chi connectivity index (χ3n) is 2.25. The number of rotatable bonds is 3. The molecular formula is C12H9F2NO2S. The fourth-order valence-corrected chi connectivity index (χ4v) is 1.98. The summed E-state index contributed by atoms with van der Waals surface area (Å²) in [7, 11) is 0. The summed E-state index contributed by atoms with van der Waals surface area (Å²) in [6.45, 7) is -0.0236. The molecule has 0 aliphatic heterocycles. The number of nitrogen functional groups attached to an aromatic ring is 1. The van der Waals surface area contributed by atoms with Crippen LogP contribution >= 0.6 is 11.3 Å². The van der Waals surface area contributed by atoms with Crippen LogP contribution < -0.4 is 5.73 Å². The minimum atomic E-state index is -1.09. The molecule has 0 fully saturated rings. The molecular weight excluding hydrogens is 260 g/mol. The zero-order chi connectivity index (χ0) is 13.1. The van der Waals surface area contributed by atoms with Crippen molar-refractivity contribution in [2.24, 2.45) is 0 Å². The molecule has 2 rings (SSSR count). The van der Waals surface area contributed by atoms with E-state index in [1.165, 1.54) is 11.3 Å². The van der Waals surface area contributed by atoms with Crippen LogP contribution in [0.5, 0.6) is 0 Å². The summed E-state index contributed by atoms with van der Waals surface area (Å²) >= 11 is 1.38. The second-order valence-electron chi connectivity index (χ2n) is 3.48. The SMILES string of the molecule is Nc1ccc(F)c(C(=O)OCc2cccs2)c1F. The zero-order valence-corrected chi connectivity index (χ0v) is 9.97. The largest absolute Gasteiger partial charge is 0.456 e. The fourth-order valence-electron chi connectivity index (χ4n) is 1.36. The monoisotopic (exact) mass is 269 g/mol. The number of halogens is 2. The number of thiophene rings is 1. The van der Waals surface area contributed by atoms with E-state index in [2.05, 4.69) is 0 Å². The van der Waals surface area contributed by atoms with Crippen LogP contribution in [0.25, 0.3) is 0 Å². The number of esters is 1. The Morgan fingerprint density at radius 1 is 1.33 bits per heavy atom. The van der Waals surface area contributed by atoms with Crippen LogP contribution in [0, 0.1) is 11.6 Å².